The van der Waals surface area contributed by atoms with Crippen LogP contribution < -0.4 is 0 Å². The zero-order chi connectivity index (χ0) is 13.0. The fraction of sp³-hybridized carbons (Fsp3) is 0. The van der Waals surface area contributed by atoms with Crippen LogP contribution in [0, 0.1) is 11.3 Å². The summed E-state index contributed by atoms with van der Waals surface area (Å²) < 4.78 is 0. The van der Waals surface area contributed by atoms with Gasteiger partial charge in [-0.1, -0.05) is 35.3 Å². The van der Waals surface area contributed by atoms with Crippen molar-refractivity contribution in [3.63, 3.8) is 0 Å². The highest BCUT2D eigenvalue weighted by atomic mass is 35.5. The highest BCUT2D eigenvalue weighted by Crippen LogP contribution is 2.28. The summed E-state index contributed by atoms with van der Waals surface area (Å²) in [6.07, 6.45) is 3.12. The van der Waals surface area contributed by atoms with Gasteiger partial charge in [-0.15, -0.1) is 0 Å². The van der Waals surface area contributed by atoms with Crippen LogP contribution in [-0.4, -0.2) is 4.98 Å². The molecule has 0 unspecified atom stereocenters. The van der Waals surface area contributed by atoms with Crippen LogP contribution in [0.15, 0.2) is 48.7 Å². The van der Waals surface area contributed by atoms with E-state index in [-0.39, 0.29) is 0 Å². The average Bonchev–Trinajstić information content (AvgIpc) is 2.40. The van der Waals surface area contributed by atoms with E-state index in [0.29, 0.717) is 10.0 Å². The number of allylic oxidation sites excluding steroid dienone is 1. The molecule has 1 aromatic heterocycles. The molecular formula is C14H8Cl2N2. The molecular weight excluding hydrogens is 267 g/mol. The molecule has 0 aliphatic rings. The first-order valence-corrected chi connectivity index (χ1v) is 5.94. The van der Waals surface area contributed by atoms with Crippen molar-refractivity contribution in [1.82, 2.24) is 4.98 Å². The van der Waals surface area contributed by atoms with Gasteiger partial charge in [-0.05, 0) is 29.8 Å². The third kappa shape index (κ3) is 2.70. The van der Waals surface area contributed by atoms with Gasteiger partial charge in [-0.25, -0.2) is 0 Å². The topological polar surface area (TPSA) is 36.7 Å². The van der Waals surface area contributed by atoms with Gasteiger partial charge in [-0.3, -0.25) is 4.98 Å². The van der Waals surface area contributed by atoms with Crippen LogP contribution in [0.25, 0.3) is 5.57 Å². The van der Waals surface area contributed by atoms with E-state index in [4.69, 9.17) is 28.5 Å². The molecule has 0 aliphatic heterocycles. The second-order valence-corrected chi connectivity index (χ2v) is 4.35. The van der Waals surface area contributed by atoms with Gasteiger partial charge in [0.1, 0.15) is 0 Å². The van der Waals surface area contributed by atoms with Gasteiger partial charge in [0.15, 0.2) is 0 Å². The molecule has 88 valence electrons. The first-order valence-electron chi connectivity index (χ1n) is 5.19. The standard InChI is InChI=1S/C14H8Cl2N2/c15-12-5-4-10(9-13(12)16)11(6-7-17)14-3-1-2-8-18-14/h1-6,8-9H/b11-6-. The van der Waals surface area contributed by atoms with Crippen molar-refractivity contribution in [2.45, 2.75) is 0 Å². The van der Waals surface area contributed by atoms with E-state index >= 15 is 0 Å². The van der Waals surface area contributed by atoms with Crippen LogP contribution in [0.2, 0.25) is 10.0 Å². The highest BCUT2D eigenvalue weighted by Gasteiger charge is 2.08. The van der Waals surface area contributed by atoms with Gasteiger partial charge in [-0.2, -0.15) is 5.26 Å². The van der Waals surface area contributed by atoms with Crippen molar-refractivity contribution in [2.75, 3.05) is 0 Å². The fourth-order valence-electron chi connectivity index (χ4n) is 1.56. The summed E-state index contributed by atoms with van der Waals surface area (Å²) in [5, 5.41) is 9.81. The lowest BCUT2D eigenvalue weighted by molar-refractivity contribution is 1.27. The molecule has 2 aromatic rings. The minimum absolute atomic E-state index is 0.453. The van der Waals surface area contributed by atoms with Crippen molar-refractivity contribution in [3.05, 3.63) is 70.0 Å². The Balaban J connectivity index is 2.53. The lowest BCUT2D eigenvalue weighted by Crippen LogP contribution is -1.91. The molecule has 0 amide bonds. The molecule has 0 N–H and O–H groups in total. The van der Waals surface area contributed by atoms with E-state index in [2.05, 4.69) is 4.98 Å². The van der Waals surface area contributed by atoms with Crippen LogP contribution in [0.1, 0.15) is 11.3 Å². The van der Waals surface area contributed by atoms with Crippen LogP contribution in [0.5, 0.6) is 0 Å². The second-order valence-electron chi connectivity index (χ2n) is 3.53. The lowest BCUT2D eigenvalue weighted by Gasteiger charge is -2.07. The van der Waals surface area contributed by atoms with Crippen molar-refractivity contribution < 1.29 is 0 Å². The Morgan fingerprint density at radius 2 is 2.00 bits per heavy atom. The van der Waals surface area contributed by atoms with Gasteiger partial charge >= 0.3 is 0 Å². The Labute approximate surface area is 115 Å². The molecule has 1 aromatic carbocycles. The van der Waals surface area contributed by atoms with E-state index in [9.17, 15) is 0 Å². The maximum atomic E-state index is 8.87. The number of nitriles is 1. The van der Waals surface area contributed by atoms with Crippen LogP contribution in [0.3, 0.4) is 0 Å². The molecule has 0 saturated heterocycles. The molecule has 18 heavy (non-hydrogen) atoms. The predicted molar refractivity (Wildman–Crippen MR) is 73.4 cm³/mol. The Bertz CT molecular complexity index is 628. The zero-order valence-electron chi connectivity index (χ0n) is 9.27. The molecule has 4 heteroatoms. The molecule has 0 fully saturated rings. The molecule has 0 radical (unpaired) electrons. The highest BCUT2D eigenvalue weighted by molar-refractivity contribution is 6.42. The van der Waals surface area contributed by atoms with Crippen LogP contribution in [0.4, 0.5) is 0 Å². The largest absolute Gasteiger partial charge is 0.256 e. The fourth-order valence-corrected chi connectivity index (χ4v) is 1.85. The molecule has 0 spiro atoms. The number of nitrogens with zero attached hydrogens (tertiary/aromatic N) is 2. The minimum atomic E-state index is 0.453. The average molecular weight is 275 g/mol. The van der Waals surface area contributed by atoms with Gasteiger partial charge in [0.2, 0.25) is 0 Å². The molecule has 0 atom stereocenters. The third-order valence-corrected chi connectivity index (χ3v) is 3.12. The van der Waals surface area contributed by atoms with E-state index < -0.39 is 0 Å². The summed E-state index contributed by atoms with van der Waals surface area (Å²) in [4.78, 5) is 4.23. The number of hydrogen-bond donors (Lipinski definition) is 0. The summed E-state index contributed by atoms with van der Waals surface area (Å²) in [7, 11) is 0. The van der Waals surface area contributed by atoms with Gasteiger partial charge < -0.3 is 0 Å². The third-order valence-electron chi connectivity index (χ3n) is 2.38. The number of benzene rings is 1. The minimum Gasteiger partial charge on any atom is -0.256 e. The maximum absolute atomic E-state index is 8.87. The SMILES string of the molecule is N#C/C=C(/c1ccc(Cl)c(Cl)c1)c1ccccn1. The zero-order valence-corrected chi connectivity index (χ0v) is 10.8. The van der Waals surface area contributed by atoms with Crippen LogP contribution >= 0.6 is 23.2 Å². The van der Waals surface area contributed by atoms with Crippen molar-refractivity contribution >= 4 is 28.8 Å². The van der Waals surface area contributed by atoms with E-state index in [1.165, 1.54) is 6.08 Å². The molecule has 2 nitrogen and oxygen atoms in total. The lowest BCUT2D eigenvalue weighted by atomic mass is 10.0. The summed E-state index contributed by atoms with van der Waals surface area (Å²) in [6.45, 7) is 0. The predicted octanol–water partition coefficient (Wildman–Crippen LogP) is 4.34. The van der Waals surface area contributed by atoms with E-state index in [0.717, 1.165) is 16.8 Å². The van der Waals surface area contributed by atoms with Crippen LogP contribution in [-0.2, 0) is 0 Å². The van der Waals surface area contributed by atoms with Crippen molar-refractivity contribution in [1.29, 1.82) is 5.26 Å². The smallest absolute Gasteiger partial charge is 0.0919 e. The number of hydrogen-bond acceptors (Lipinski definition) is 2. The molecule has 0 aliphatic carbocycles. The van der Waals surface area contributed by atoms with E-state index in [1.807, 2.05) is 30.3 Å². The Hall–Kier alpha value is -1.82. The number of halogens is 2. The van der Waals surface area contributed by atoms with Gasteiger partial charge in [0, 0.05) is 17.8 Å². The van der Waals surface area contributed by atoms with Crippen molar-refractivity contribution in [3.8, 4) is 6.07 Å². The van der Waals surface area contributed by atoms with Gasteiger partial charge in [0.25, 0.3) is 0 Å². The Morgan fingerprint density at radius 1 is 1.17 bits per heavy atom. The number of aromatic nitrogens is 1. The normalized spacial score (nSPS) is 11.1. The number of rotatable bonds is 2. The Morgan fingerprint density at radius 3 is 2.61 bits per heavy atom. The summed E-state index contributed by atoms with van der Waals surface area (Å²) in [5.74, 6) is 0. The molecule has 2 rings (SSSR count). The maximum Gasteiger partial charge on any atom is 0.0919 e. The second kappa shape index (κ2) is 5.68. The Kier molecular flexibility index (Phi) is 3.99. The molecule has 0 bridgehead atoms. The number of pyridine rings is 1. The van der Waals surface area contributed by atoms with Gasteiger partial charge in [0.05, 0.1) is 21.8 Å². The molecule has 0 saturated carbocycles. The first-order chi connectivity index (χ1) is 8.72. The summed E-state index contributed by atoms with van der Waals surface area (Å²) in [5.41, 5.74) is 2.25. The van der Waals surface area contributed by atoms with E-state index in [1.54, 1.807) is 18.3 Å². The quantitative estimate of drug-likeness (QED) is 0.764. The summed E-state index contributed by atoms with van der Waals surface area (Å²) >= 11 is 11.9. The first kappa shape index (κ1) is 12.6. The summed E-state index contributed by atoms with van der Waals surface area (Å²) in [6, 6.07) is 12.8. The monoisotopic (exact) mass is 274 g/mol. The van der Waals surface area contributed by atoms with Crippen molar-refractivity contribution in [2.24, 2.45) is 0 Å². The molecule has 1 heterocycles.